The maximum atomic E-state index is 13.5. The van der Waals surface area contributed by atoms with Crippen LogP contribution in [0.2, 0.25) is 0 Å². The van der Waals surface area contributed by atoms with Crippen molar-refractivity contribution in [3.05, 3.63) is 60.9 Å². The van der Waals surface area contributed by atoms with Crippen molar-refractivity contribution in [3.8, 4) is 21.6 Å². The van der Waals surface area contributed by atoms with E-state index in [0.717, 1.165) is 37.6 Å². The monoisotopic (exact) mass is 394 g/mol. The van der Waals surface area contributed by atoms with Gasteiger partial charge in [0, 0.05) is 36.0 Å². The van der Waals surface area contributed by atoms with E-state index in [1.54, 1.807) is 42.2 Å². The van der Waals surface area contributed by atoms with Crippen LogP contribution in [0, 0.1) is 5.82 Å². The van der Waals surface area contributed by atoms with E-state index in [1.807, 2.05) is 19.1 Å². The topological polar surface area (TPSA) is 59.9 Å². The molecular formula is C21H19FN4OS. The molecule has 3 aromatic heterocycles. The molecule has 142 valence electrons. The van der Waals surface area contributed by atoms with Gasteiger partial charge in [-0.1, -0.05) is 12.1 Å². The lowest BCUT2D eigenvalue weighted by Crippen LogP contribution is -2.10. The minimum absolute atomic E-state index is 0.264. The number of nitrogens with one attached hydrogen (secondary N) is 1. The number of hydrogen-bond acceptors (Lipinski definition) is 6. The summed E-state index contributed by atoms with van der Waals surface area (Å²) in [7, 11) is 0. The van der Waals surface area contributed by atoms with Crippen molar-refractivity contribution in [3.63, 3.8) is 0 Å². The summed E-state index contributed by atoms with van der Waals surface area (Å²) in [5.74, 6) is 0.487. The Morgan fingerprint density at radius 2 is 1.82 bits per heavy atom. The third-order valence-electron chi connectivity index (χ3n) is 4.31. The first-order valence-corrected chi connectivity index (χ1v) is 9.85. The molecule has 0 unspecified atom stereocenters. The van der Waals surface area contributed by atoms with Gasteiger partial charge in [0.15, 0.2) is 0 Å². The quantitative estimate of drug-likeness (QED) is 0.447. The predicted octanol–water partition coefficient (Wildman–Crippen LogP) is 5.01. The molecule has 1 aromatic carbocycles. The highest BCUT2D eigenvalue weighted by atomic mass is 32.1. The maximum absolute atomic E-state index is 13.5. The molecule has 0 spiro atoms. The van der Waals surface area contributed by atoms with Gasteiger partial charge >= 0.3 is 0 Å². The number of anilines is 1. The summed E-state index contributed by atoms with van der Waals surface area (Å²) in [4.78, 5) is 15.0. The average Bonchev–Trinajstić information content (AvgIpc) is 3.13. The number of halogens is 1. The minimum Gasteiger partial charge on any atom is -0.380 e. The first-order chi connectivity index (χ1) is 13.8. The normalized spacial score (nSPS) is 11.1. The van der Waals surface area contributed by atoms with E-state index in [2.05, 4.69) is 20.3 Å². The minimum atomic E-state index is -0.264. The Morgan fingerprint density at radius 3 is 2.57 bits per heavy atom. The Labute approximate surface area is 166 Å². The number of thiophene rings is 1. The first kappa shape index (κ1) is 18.5. The third-order valence-corrected chi connectivity index (χ3v) is 5.45. The van der Waals surface area contributed by atoms with Crippen molar-refractivity contribution in [2.45, 2.75) is 6.92 Å². The van der Waals surface area contributed by atoms with Crippen LogP contribution in [0.15, 0.2) is 55.1 Å². The van der Waals surface area contributed by atoms with E-state index >= 15 is 0 Å². The molecule has 4 rings (SSSR count). The highest BCUT2D eigenvalue weighted by molar-refractivity contribution is 7.22. The molecule has 4 aromatic rings. The van der Waals surface area contributed by atoms with Crippen LogP contribution in [0.3, 0.4) is 0 Å². The van der Waals surface area contributed by atoms with Gasteiger partial charge in [0.05, 0.1) is 12.0 Å². The molecular weight excluding hydrogens is 375 g/mol. The predicted molar refractivity (Wildman–Crippen MR) is 111 cm³/mol. The van der Waals surface area contributed by atoms with Gasteiger partial charge in [0.2, 0.25) is 0 Å². The Bertz CT molecular complexity index is 1070. The molecule has 0 aliphatic heterocycles. The number of rotatable bonds is 7. The lowest BCUT2D eigenvalue weighted by atomic mass is 10.00. The van der Waals surface area contributed by atoms with Gasteiger partial charge in [0.25, 0.3) is 0 Å². The van der Waals surface area contributed by atoms with Crippen molar-refractivity contribution < 1.29 is 9.13 Å². The van der Waals surface area contributed by atoms with Gasteiger partial charge in [-0.15, -0.1) is 11.3 Å². The van der Waals surface area contributed by atoms with E-state index in [1.165, 1.54) is 12.1 Å². The average molecular weight is 394 g/mol. The summed E-state index contributed by atoms with van der Waals surface area (Å²) in [6.45, 7) is 3.88. The third kappa shape index (κ3) is 3.72. The summed E-state index contributed by atoms with van der Waals surface area (Å²) in [5, 5.41) is 4.29. The SMILES string of the molecule is CCOCCNc1ncnc2sc(-c3ccncc3)c(-c3ccc(F)cc3)c12. The van der Waals surface area contributed by atoms with Crippen molar-refractivity contribution in [1.82, 2.24) is 15.0 Å². The van der Waals surface area contributed by atoms with E-state index in [9.17, 15) is 4.39 Å². The molecule has 5 nitrogen and oxygen atoms in total. The van der Waals surface area contributed by atoms with Crippen molar-refractivity contribution in [1.29, 1.82) is 0 Å². The Morgan fingerprint density at radius 1 is 1.04 bits per heavy atom. The highest BCUT2D eigenvalue weighted by Gasteiger charge is 2.20. The number of benzene rings is 1. The number of aromatic nitrogens is 3. The maximum Gasteiger partial charge on any atom is 0.138 e. The Balaban J connectivity index is 1.89. The lowest BCUT2D eigenvalue weighted by molar-refractivity contribution is 0.158. The summed E-state index contributed by atoms with van der Waals surface area (Å²) in [6, 6.07) is 10.5. The molecule has 0 bridgehead atoms. The summed E-state index contributed by atoms with van der Waals surface area (Å²) >= 11 is 1.59. The van der Waals surface area contributed by atoms with Crippen LogP contribution in [0.5, 0.6) is 0 Å². The van der Waals surface area contributed by atoms with Crippen LogP contribution < -0.4 is 5.32 Å². The summed E-state index contributed by atoms with van der Waals surface area (Å²) in [6.07, 6.45) is 5.09. The standard InChI is InChI=1S/C21H19FN4OS/c1-2-27-12-11-24-20-18-17(14-3-5-16(22)6-4-14)19(15-7-9-23-10-8-15)28-21(18)26-13-25-20/h3-10,13H,2,11-12H2,1H3,(H,24,25,26). The van der Waals surface area contributed by atoms with E-state index in [4.69, 9.17) is 4.74 Å². The van der Waals surface area contributed by atoms with Crippen molar-refractivity contribution in [2.75, 3.05) is 25.1 Å². The molecule has 0 amide bonds. The molecule has 0 radical (unpaired) electrons. The largest absolute Gasteiger partial charge is 0.380 e. The zero-order valence-corrected chi connectivity index (χ0v) is 16.2. The molecule has 1 N–H and O–H groups in total. The molecule has 0 aliphatic carbocycles. The molecule has 0 atom stereocenters. The fourth-order valence-corrected chi connectivity index (χ4v) is 4.22. The van der Waals surface area contributed by atoms with E-state index < -0.39 is 0 Å². The molecule has 7 heteroatoms. The van der Waals surface area contributed by atoms with Crippen LogP contribution in [0.1, 0.15) is 6.92 Å². The van der Waals surface area contributed by atoms with E-state index in [-0.39, 0.29) is 5.82 Å². The first-order valence-electron chi connectivity index (χ1n) is 9.03. The molecule has 0 aliphatic rings. The second-order valence-electron chi connectivity index (χ2n) is 6.08. The molecule has 0 saturated carbocycles. The van der Waals surface area contributed by atoms with Crippen LogP contribution in [-0.4, -0.2) is 34.7 Å². The fourth-order valence-electron chi connectivity index (χ4n) is 3.05. The van der Waals surface area contributed by atoms with Gasteiger partial charge in [-0.25, -0.2) is 14.4 Å². The summed E-state index contributed by atoms with van der Waals surface area (Å²) in [5.41, 5.74) is 2.95. The van der Waals surface area contributed by atoms with Crippen LogP contribution in [-0.2, 0) is 4.74 Å². The van der Waals surface area contributed by atoms with Gasteiger partial charge in [-0.2, -0.15) is 0 Å². The summed E-state index contributed by atoms with van der Waals surface area (Å²) < 4.78 is 18.9. The Hall–Kier alpha value is -2.90. The van der Waals surface area contributed by atoms with Crippen LogP contribution in [0.4, 0.5) is 10.2 Å². The van der Waals surface area contributed by atoms with Gasteiger partial charge < -0.3 is 10.1 Å². The zero-order chi connectivity index (χ0) is 19.3. The highest BCUT2D eigenvalue weighted by Crippen LogP contribution is 2.45. The number of pyridine rings is 1. The van der Waals surface area contributed by atoms with Gasteiger partial charge in [-0.3, -0.25) is 4.98 Å². The number of fused-ring (bicyclic) bond motifs is 1. The smallest absolute Gasteiger partial charge is 0.138 e. The number of nitrogens with zero attached hydrogens (tertiary/aromatic N) is 3. The van der Waals surface area contributed by atoms with Crippen molar-refractivity contribution >= 4 is 27.4 Å². The molecule has 0 fully saturated rings. The molecule has 0 saturated heterocycles. The zero-order valence-electron chi connectivity index (χ0n) is 15.4. The number of hydrogen-bond donors (Lipinski definition) is 1. The lowest BCUT2D eigenvalue weighted by Gasteiger charge is -2.10. The van der Waals surface area contributed by atoms with Gasteiger partial charge in [-0.05, 0) is 42.3 Å². The van der Waals surface area contributed by atoms with Gasteiger partial charge in [0.1, 0.15) is 22.8 Å². The second kappa shape index (κ2) is 8.41. The second-order valence-corrected chi connectivity index (χ2v) is 7.07. The van der Waals surface area contributed by atoms with E-state index in [0.29, 0.717) is 19.8 Å². The fraction of sp³-hybridized carbons (Fsp3) is 0.190. The Kier molecular flexibility index (Phi) is 5.55. The molecule has 3 heterocycles. The number of ether oxygens (including phenoxy) is 1. The van der Waals surface area contributed by atoms with Crippen LogP contribution >= 0.6 is 11.3 Å². The van der Waals surface area contributed by atoms with Crippen LogP contribution in [0.25, 0.3) is 31.8 Å². The molecule has 28 heavy (non-hydrogen) atoms. The van der Waals surface area contributed by atoms with Crippen molar-refractivity contribution in [2.24, 2.45) is 0 Å².